The average molecular weight is 416 g/mol. The Bertz CT molecular complexity index is 488. The number of hydrogen-bond acceptors (Lipinski definition) is 3. The van der Waals surface area contributed by atoms with Crippen molar-refractivity contribution in [1.82, 2.24) is 4.90 Å². The predicted octanol–water partition coefficient (Wildman–Crippen LogP) is 4.35. The van der Waals surface area contributed by atoms with E-state index in [0.717, 1.165) is 38.2 Å². The zero-order valence-corrected chi connectivity index (χ0v) is 15.7. The quantitative estimate of drug-likeness (QED) is 0.745. The van der Waals surface area contributed by atoms with Gasteiger partial charge in [0.1, 0.15) is 5.60 Å². The standard InChI is InChI=1S/C17H25IN2O2/c1-17(2,3)22-16(21)20-10-8-13(9-11-20)12-19-15-6-4-14(18)5-7-15/h4-7,13,19H,8-12H2,1-3H3. The minimum atomic E-state index is -0.416. The van der Waals surface area contributed by atoms with Crippen molar-refractivity contribution in [3.05, 3.63) is 27.8 Å². The molecule has 1 heterocycles. The SMILES string of the molecule is CC(C)(C)OC(=O)N1CCC(CNc2ccc(I)cc2)CC1. The lowest BCUT2D eigenvalue weighted by Gasteiger charge is -2.33. The second-order valence-corrected chi connectivity index (χ2v) is 8.04. The summed E-state index contributed by atoms with van der Waals surface area (Å²) in [5.74, 6) is 0.609. The van der Waals surface area contributed by atoms with Gasteiger partial charge in [0.05, 0.1) is 0 Å². The number of carbonyl (C=O) groups excluding carboxylic acids is 1. The van der Waals surface area contributed by atoms with Crippen LogP contribution in [0.2, 0.25) is 0 Å². The third kappa shape index (κ3) is 5.66. The van der Waals surface area contributed by atoms with Gasteiger partial charge >= 0.3 is 6.09 Å². The molecule has 1 aromatic carbocycles. The number of ether oxygens (including phenoxy) is 1. The van der Waals surface area contributed by atoms with E-state index in [1.54, 1.807) is 0 Å². The fourth-order valence-electron chi connectivity index (χ4n) is 2.48. The Balaban J connectivity index is 1.73. The zero-order chi connectivity index (χ0) is 16.2. The molecule has 1 aliphatic rings. The molecule has 5 heteroatoms. The molecule has 1 aliphatic heterocycles. The number of halogens is 1. The average Bonchev–Trinajstić information content (AvgIpc) is 2.45. The molecule has 1 N–H and O–H groups in total. The number of piperidine rings is 1. The Morgan fingerprint density at radius 2 is 1.86 bits per heavy atom. The van der Waals surface area contributed by atoms with Gasteiger partial charge in [0.15, 0.2) is 0 Å². The summed E-state index contributed by atoms with van der Waals surface area (Å²) in [6.45, 7) is 8.25. The summed E-state index contributed by atoms with van der Waals surface area (Å²) < 4.78 is 6.67. The molecule has 0 aromatic heterocycles. The molecule has 22 heavy (non-hydrogen) atoms. The van der Waals surface area contributed by atoms with E-state index >= 15 is 0 Å². The van der Waals surface area contributed by atoms with Gasteiger partial charge in [0, 0.05) is 28.9 Å². The third-order valence-corrected chi connectivity index (χ3v) is 4.42. The van der Waals surface area contributed by atoms with Crippen LogP contribution in [0.5, 0.6) is 0 Å². The summed E-state index contributed by atoms with van der Waals surface area (Å²) in [5.41, 5.74) is 0.746. The molecule has 2 rings (SSSR count). The molecule has 122 valence electrons. The van der Waals surface area contributed by atoms with E-state index in [4.69, 9.17) is 4.74 Å². The highest BCUT2D eigenvalue weighted by molar-refractivity contribution is 14.1. The van der Waals surface area contributed by atoms with Gasteiger partial charge in [-0.3, -0.25) is 0 Å². The molecular formula is C17H25IN2O2. The van der Waals surface area contributed by atoms with Crippen LogP contribution in [0, 0.1) is 9.49 Å². The number of anilines is 1. The molecule has 0 bridgehead atoms. The number of rotatable bonds is 3. The van der Waals surface area contributed by atoms with E-state index in [-0.39, 0.29) is 6.09 Å². The lowest BCUT2D eigenvalue weighted by Crippen LogP contribution is -2.42. The monoisotopic (exact) mass is 416 g/mol. The summed E-state index contributed by atoms with van der Waals surface area (Å²) in [6, 6.07) is 8.43. The summed E-state index contributed by atoms with van der Waals surface area (Å²) in [7, 11) is 0. The summed E-state index contributed by atoms with van der Waals surface area (Å²) >= 11 is 2.31. The Kier molecular flexibility index (Phi) is 5.94. The molecule has 0 saturated carbocycles. The molecule has 1 amide bonds. The van der Waals surface area contributed by atoms with E-state index in [9.17, 15) is 4.79 Å². The summed E-state index contributed by atoms with van der Waals surface area (Å²) in [6.07, 6.45) is 1.87. The molecule has 0 spiro atoms. The Hall–Kier alpha value is -0.980. The number of benzene rings is 1. The van der Waals surface area contributed by atoms with Crippen molar-refractivity contribution < 1.29 is 9.53 Å². The smallest absolute Gasteiger partial charge is 0.410 e. The number of carbonyl (C=O) groups is 1. The van der Waals surface area contributed by atoms with Crippen molar-refractivity contribution in [2.45, 2.75) is 39.2 Å². The van der Waals surface area contributed by atoms with E-state index in [1.807, 2.05) is 25.7 Å². The van der Waals surface area contributed by atoms with Gasteiger partial charge in [-0.15, -0.1) is 0 Å². The fraction of sp³-hybridized carbons (Fsp3) is 0.588. The molecule has 0 unspecified atom stereocenters. The minimum absolute atomic E-state index is 0.184. The topological polar surface area (TPSA) is 41.6 Å². The Morgan fingerprint density at radius 1 is 1.27 bits per heavy atom. The van der Waals surface area contributed by atoms with E-state index < -0.39 is 5.60 Å². The van der Waals surface area contributed by atoms with Crippen molar-refractivity contribution >= 4 is 34.4 Å². The number of amides is 1. The Labute approximate surface area is 146 Å². The predicted molar refractivity (Wildman–Crippen MR) is 98.2 cm³/mol. The van der Waals surface area contributed by atoms with Gasteiger partial charge in [0.2, 0.25) is 0 Å². The molecule has 1 fully saturated rings. The van der Waals surface area contributed by atoms with Crippen molar-refractivity contribution in [2.75, 3.05) is 25.0 Å². The third-order valence-electron chi connectivity index (χ3n) is 3.71. The van der Waals surface area contributed by atoms with Crippen LogP contribution in [0.1, 0.15) is 33.6 Å². The molecular weight excluding hydrogens is 391 g/mol. The van der Waals surface area contributed by atoms with Gasteiger partial charge in [-0.2, -0.15) is 0 Å². The first-order valence-electron chi connectivity index (χ1n) is 7.81. The number of likely N-dealkylation sites (tertiary alicyclic amines) is 1. The van der Waals surface area contributed by atoms with Gasteiger partial charge in [-0.25, -0.2) is 4.79 Å². The maximum atomic E-state index is 12.0. The van der Waals surface area contributed by atoms with E-state index in [2.05, 4.69) is 52.2 Å². The van der Waals surface area contributed by atoms with Crippen LogP contribution < -0.4 is 5.32 Å². The fourth-order valence-corrected chi connectivity index (χ4v) is 2.84. The van der Waals surface area contributed by atoms with Gasteiger partial charge in [-0.05, 0) is 86.4 Å². The second-order valence-electron chi connectivity index (χ2n) is 6.80. The molecule has 0 radical (unpaired) electrons. The second kappa shape index (κ2) is 7.53. The Morgan fingerprint density at radius 3 is 2.41 bits per heavy atom. The van der Waals surface area contributed by atoms with Crippen LogP contribution in [0.15, 0.2) is 24.3 Å². The number of hydrogen-bond donors (Lipinski definition) is 1. The highest BCUT2D eigenvalue weighted by atomic mass is 127. The van der Waals surface area contributed by atoms with E-state index in [1.165, 1.54) is 3.57 Å². The lowest BCUT2D eigenvalue weighted by atomic mass is 9.97. The van der Waals surface area contributed by atoms with Gasteiger partial charge in [-0.1, -0.05) is 0 Å². The lowest BCUT2D eigenvalue weighted by molar-refractivity contribution is 0.0188. The summed E-state index contributed by atoms with van der Waals surface area (Å²) in [5, 5.41) is 3.49. The van der Waals surface area contributed by atoms with Crippen LogP contribution in [0.4, 0.5) is 10.5 Å². The first kappa shape index (κ1) is 17.4. The number of nitrogens with one attached hydrogen (secondary N) is 1. The van der Waals surface area contributed by atoms with Crippen molar-refractivity contribution in [3.63, 3.8) is 0 Å². The zero-order valence-electron chi connectivity index (χ0n) is 13.6. The van der Waals surface area contributed by atoms with E-state index in [0.29, 0.717) is 5.92 Å². The largest absolute Gasteiger partial charge is 0.444 e. The van der Waals surface area contributed by atoms with Crippen LogP contribution in [-0.4, -0.2) is 36.2 Å². The normalized spacial score (nSPS) is 16.5. The highest BCUT2D eigenvalue weighted by Gasteiger charge is 2.26. The molecule has 4 nitrogen and oxygen atoms in total. The molecule has 0 atom stereocenters. The maximum Gasteiger partial charge on any atom is 0.410 e. The van der Waals surface area contributed by atoms with Gasteiger partial charge < -0.3 is 15.0 Å². The van der Waals surface area contributed by atoms with Crippen LogP contribution in [-0.2, 0) is 4.74 Å². The summed E-state index contributed by atoms with van der Waals surface area (Å²) in [4.78, 5) is 13.8. The first-order chi connectivity index (χ1) is 10.3. The van der Waals surface area contributed by atoms with Crippen molar-refractivity contribution in [1.29, 1.82) is 0 Å². The van der Waals surface area contributed by atoms with Crippen molar-refractivity contribution in [3.8, 4) is 0 Å². The minimum Gasteiger partial charge on any atom is -0.444 e. The molecule has 1 aromatic rings. The van der Waals surface area contributed by atoms with Crippen LogP contribution in [0.25, 0.3) is 0 Å². The molecule has 1 saturated heterocycles. The van der Waals surface area contributed by atoms with Gasteiger partial charge in [0.25, 0.3) is 0 Å². The van der Waals surface area contributed by atoms with Crippen molar-refractivity contribution in [2.24, 2.45) is 5.92 Å². The highest BCUT2D eigenvalue weighted by Crippen LogP contribution is 2.20. The van der Waals surface area contributed by atoms with Crippen LogP contribution in [0.3, 0.4) is 0 Å². The van der Waals surface area contributed by atoms with Crippen LogP contribution >= 0.6 is 22.6 Å². The molecule has 0 aliphatic carbocycles. The number of nitrogens with zero attached hydrogens (tertiary/aromatic N) is 1. The maximum absolute atomic E-state index is 12.0. The first-order valence-corrected chi connectivity index (χ1v) is 8.89.